The minimum absolute atomic E-state index is 0.336. The molecule has 0 radical (unpaired) electrons. The van der Waals surface area contributed by atoms with E-state index in [0.29, 0.717) is 6.85 Å². The summed E-state index contributed by atoms with van der Waals surface area (Å²) < 4.78 is 2.32. The summed E-state index contributed by atoms with van der Waals surface area (Å²) >= 11 is 0. The molecule has 3 aromatic rings. The van der Waals surface area contributed by atoms with Crippen LogP contribution in [0.1, 0.15) is 18.1 Å². The van der Waals surface area contributed by atoms with Crippen molar-refractivity contribution in [3.63, 3.8) is 0 Å². The first-order chi connectivity index (χ1) is 12.0. The van der Waals surface area contributed by atoms with Crippen molar-refractivity contribution in [3.8, 4) is 0 Å². The second kappa shape index (κ2) is 5.77. The molecule has 0 atom stereocenters. The molecule has 2 aromatic carbocycles. The van der Waals surface area contributed by atoms with Crippen LogP contribution >= 0.6 is 0 Å². The lowest BCUT2D eigenvalue weighted by atomic mass is 9.55. The van der Waals surface area contributed by atoms with E-state index in [2.05, 4.69) is 98.8 Å². The SMILES string of the molecule is CB1C(C)=c2ccccc2=CN1c1cc(C)c2c(C)cccc2[n+]1C. The van der Waals surface area contributed by atoms with Gasteiger partial charge in [-0.1, -0.05) is 36.4 Å². The van der Waals surface area contributed by atoms with Crippen LogP contribution in [0.25, 0.3) is 22.6 Å². The van der Waals surface area contributed by atoms with Crippen molar-refractivity contribution >= 4 is 35.2 Å². The topological polar surface area (TPSA) is 7.12 Å². The molecule has 4 rings (SSSR count). The summed E-state index contributed by atoms with van der Waals surface area (Å²) in [6.45, 7) is 9.29. The zero-order valence-corrected chi connectivity index (χ0v) is 15.7. The van der Waals surface area contributed by atoms with Gasteiger partial charge in [0.15, 0.2) is 0 Å². The third-order valence-corrected chi connectivity index (χ3v) is 5.67. The van der Waals surface area contributed by atoms with E-state index in [1.54, 1.807) is 0 Å². The molecule has 1 aromatic heterocycles. The van der Waals surface area contributed by atoms with Crippen LogP contribution in [-0.2, 0) is 7.05 Å². The number of anilines is 1. The lowest BCUT2D eigenvalue weighted by Gasteiger charge is -2.24. The molecule has 0 amide bonds. The molecule has 0 fully saturated rings. The van der Waals surface area contributed by atoms with Gasteiger partial charge in [0.25, 0.3) is 5.82 Å². The van der Waals surface area contributed by atoms with E-state index in [4.69, 9.17) is 0 Å². The zero-order chi connectivity index (χ0) is 17.7. The largest absolute Gasteiger partial charge is 0.405 e. The lowest BCUT2D eigenvalue weighted by molar-refractivity contribution is -0.631. The Morgan fingerprint density at radius 2 is 1.68 bits per heavy atom. The smallest absolute Gasteiger partial charge is 0.293 e. The van der Waals surface area contributed by atoms with E-state index in [9.17, 15) is 0 Å². The highest BCUT2D eigenvalue weighted by Gasteiger charge is 2.32. The summed E-state index contributed by atoms with van der Waals surface area (Å²) in [6.07, 6.45) is 2.30. The molecule has 0 aliphatic carbocycles. The fraction of sp³-hybridized carbons (Fsp3) is 0.227. The van der Waals surface area contributed by atoms with Crippen molar-refractivity contribution in [2.45, 2.75) is 27.6 Å². The molecule has 1 aliphatic rings. The highest BCUT2D eigenvalue weighted by Crippen LogP contribution is 2.25. The Kier molecular flexibility index (Phi) is 3.68. The Labute approximate surface area is 149 Å². The molecule has 2 heterocycles. The maximum atomic E-state index is 2.41. The van der Waals surface area contributed by atoms with Gasteiger partial charge in [-0.05, 0) is 55.5 Å². The second-order valence-corrected chi connectivity index (χ2v) is 7.20. The Morgan fingerprint density at radius 1 is 0.920 bits per heavy atom. The summed E-state index contributed by atoms with van der Waals surface area (Å²) in [7, 11) is 2.17. The van der Waals surface area contributed by atoms with Gasteiger partial charge in [0.05, 0.1) is 13.2 Å². The minimum atomic E-state index is 0.336. The maximum Gasteiger partial charge on any atom is 0.405 e. The zero-order valence-electron chi connectivity index (χ0n) is 15.7. The number of pyridine rings is 1. The van der Waals surface area contributed by atoms with E-state index >= 15 is 0 Å². The number of aryl methyl sites for hydroxylation is 3. The standard InChI is InChI=1S/C22H24BN2/c1-15-9-8-12-20-22(15)16(2)13-21(24(20)5)25-14-18-10-6-7-11-19(18)17(3)23(25)4/h6-14H,1-5H3/q+1. The first kappa shape index (κ1) is 16.0. The molecule has 3 heteroatoms. The Bertz CT molecular complexity index is 1110. The number of rotatable bonds is 1. The molecule has 1 aliphatic heterocycles. The summed E-state index contributed by atoms with van der Waals surface area (Å²) in [5.74, 6) is 1.23. The third-order valence-electron chi connectivity index (χ3n) is 5.67. The van der Waals surface area contributed by atoms with Gasteiger partial charge in [-0.2, -0.15) is 0 Å². The number of fused-ring (bicyclic) bond motifs is 2. The summed E-state index contributed by atoms with van der Waals surface area (Å²) in [5, 5.41) is 4.02. The summed E-state index contributed by atoms with van der Waals surface area (Å²) in [6, 6.07) is 17.6. The van der Waals surface area contributed by atoms with E-state index in [1.165, 1.54) is 43.8 Å². The van der Waals surface area contributed by atoms with E-state index in [0.717, 1.165) is 0 Å². The van der Waals surface area contributed by atoms with Crippen molar-refractivity contribution in [2.24, 2.45) is 7.05 Å². The van der Waals surface area contributed by atoms with Crippen LogP contribution < -0.4 is 19.8 Å². The van der Waals surface area contributed by atoms with Crippen LogP contribution in [0, 0.1) is 13.8 Å². The first-order valence-corrected chi connectivity index (χ1v) is 8.94. The highest BCUT2D eigenvalue weighted by atomic mass is 15.2. The van der Waals surface area contributed by atoms with Crippen LogP contribution in [0.5, 0.6) is 0 Å². The van der Waals surface area contributed by atoms with Gasteiger partial charge >= 0.3 is 6.85 Å². The van der Waals surface area contributed by atoms with Gasteiger partial charge in [-0.3, -0.25) is 4.81 Å². The average molecular weight is 327 g/mol. The van der Waals surface area contributed by atoms with Gasteiger partial charge in [-0.25, -0.2) is 4.57 Å². The Morgan fingerprint density at radius 3 is 2.48 bits per heavy atom. The van der Waals surface area contributed by atoms with Crippen LogP contribution in [0.15, 0.2) is 48.5 Å². The van der Waals surface area contributed by atoms with Crippen LogP contribution in [-0.4, -0.2) is 6.85 Å². The molecule has 0 unspecified atom stereocenters. The number of hydrogen-bond acceptors (Lipinski definition) is 1. The highest BCUT2D eigenvalue weighted by molar-refractivity contribution is 6.80. The summed E-state index contributed by atoms with van der Waals surface area (Å²) in [5.41, 5.74) is 5.37. The second-order valence-electron chi connectivity index (χ2n) is 7.20. The number of hydrogen-bond donors (Lipinski definition) is 0. The quantitative estimate of drug-likeness (QED) is 0.492. The number of benzene rings is 2. The van der Waals surface area contributed by atoms with Crippen LogP contribution in [0.3, 0.4) is 0 Å². The molecule has 0 saturated carbocycles. The van der Waals surface area contributed by atoms with Crippen molar-refractivity contribution in [3.05, 3.63) is 70.1 Å². The minimum Gasteiger partial charge on any atom is -0.293 e. The number of aromatic nitrogens is 1. The van der Waals surface area contributed by atoms with Crippen molar-refractivity contribution < 1.29 is 4.57 Å². The molecular weight excluding hydrogens is 303 g/mol. The molecule has 0 bridgehead atoms. The maximum absolute atomic E-state index is 2.41. The van der Waals surface area contributed by atoms with Crippen molar-refractivity contribution in [2.75, 3.05) is 4.81 Å². The average Bonchev–Trinajstić information content (AvgIpc) is 2.61. The van der Waals surface area contributed by atoms with Gasteiger partial charge in [0.1, 0.15) is 5.52 Å². The van der Waals surface area contributed by atoms with Crippen molar-refractivity contribution in [1.82, 2.24) is 0 Å². The molecule has 0 N–H and O–H groups in total. The Hall–Kier alpha value is -2.55. The molecule has 25 heavy (non-hydrogen) atoms. The number of nitrogens with zero attached hydrogens (tertiary/aromatic N) is 2. The fourth-order valence-electron chi connectivity index (χ4n) is 4.11. The lowest BCUT2D eigenvalue weighted by Crippen LogP contribution is -2.50. The third kappa shape index (κ3) is 2.38. The first-order valence-electron chi connectivity index (χ1n) is 8.94. The van der Waals surface area contributed by atoms with E-state index in [-0.39, 0.29) is 0 Å². The van der Waals surface area contributed by atoms with Crippen molar-refractivity contribution in [1.29, 1.82) is 0 Å². The Balaban J connectivity index is 2.00. The van der Waals surface area contributed by atoms with Gasteiger partial charge in [-0.15, -0.1) is 0 Å². The predicted octanol–water partition coefficient (Wildman–Crippen LogP) is 2.87. The predicted molar refractivity (Wildman–Crippen MR) is 108 cm³/mol. The monoisotopic (exact) mass is 327 g/mol. The molecule has 2 nitrogen and oxygen atoms in total. The molecular formula is C22H24BN2+. The molecule has 124 valence electrons. The van der Waals surface area contributed by atoms with E-state index < -0.39 is 0 Å². The molecule has 0 spiro atoms. The van der Waals surface area contributed by atoms with Crippen LogP contribution in [0.4, 0.5) is 5.82 Å². The van der Waals surface area contributed by atoms with Gasteiger partial charge in [0, 0.05) is 16.7 Å². The van der Waals surface area contributed by atoms with Gasteiger partial charge in [0.2, 0.25) is 0 Å². The molecule has 0 saturated heterocycles. The summed E-state index contributed by atoms with van der Waals surface area (Å²) in [4.78, 5) is 2.41. The van der Waals surface area contributed by atoms with Gasteiger partial charge < -0.3 is 0 Å². The fourth-order valence-corrected chi connectivity index (χ4v) is 4.11. The normalized spacial score (nSPS) is 13.9. The van der Waals surface area contributed by atoms with E-state index in [1.807, 2.05) is 0 Å². The van der Waals surface area contributed by atoms with Crippen LogP contribution in [0.2, 0.25) is 6.82 Å².